The molecule has 0 aliphatic heterocycles. The van der Waals surface area contributed by atoms with E-state index in [2.05, 4.69) is 15.4 Å². The molecule has 1 aromatic heterocycles. The van der Waals surface area contributed by atoms with Gasteiger partial charge in [-0.25, -0.2) is 9.67 Å². The van der Waals surface area contributed by atoms with Crippen molar-refractivity contribution in [1.82, 2.24) is 20.1 Å². The Morgan fingerprint density at radius 1 is 1.19 bits per heavy atom. The molecule has 1 heterocycles. The summed E-state index contributed by atoms with van der Waals surface area (Å²) in [6.45, 7) is 2.12. The molecule has 0 aliphatic carbocycles. The first-order chi connectivity index (χ1) is 12.6. The summed E-state index contributed by atoms with van der Waals surface area (Å²) in [7, 11) is 1.59. The Labute approximate surface area is 156 Å². The van der Waals surface area contributed by atoms with E-state index < -0.39 is 0 Å². The van der Waals surface area contributed by atoms with Gasteiger partial charge >= 0.3 is 0 Å². The molecule has 0 bridgehead atoms. The van der Waals surface area contributed by atoms with E-state index >= 15 is 0 Å². The molecule has 6 nitrogen and oxygen atoms in total. The molecule has 1 N–H and O–H groups in total. The second-order valence-corrected chi connectivity index (χ2v) is 6.15. The zero-order valence-corrected chi connectivity index (χ0v) is 15.3. The van der Waals surface area contributed by atoms with E-state index in [4.69, 9.17) is 16.3 Å². The second kappa shape index (κ2) is 8.12. The number of hydrogen-bond donors (Lipinski definition) is 1. The number of rotatable bonds is 6. The molecule has 0 aliphatic rings. The van der Waals surface area contributed by atoms with Crippen LogP contribution in [0.2, 0.25) is 5.02 Å². The van der Waals surface area contributed by atoms with Crippen molar-refractivity contribution in [2.75, 3.05) is 13.7 Å². The van der Waals surface area contributed by atoms with Crippen LogP contribution in [-0.4, -0.2) is 34.4 Å². The molecule has 0 saturated carbocycles. The van der Waals surface area contributed by atoms with Gasteiger partial charge in [-0.3, -0.25) is 4.79 Å². The highest BCUT2D eigenvalue weighted by atomic mass is 35.5. The minimum Gasteiger partial charge on any atom is -0.382 e. The largest absolute Gasteiger partial charge is 0.382 e. The third-order valence-electron chi connectivity index (χ3n) is 3.89. The van der Waals surface area contributed by atoms with Crippen LogP contribution in [-0.2, 0) is 4.74 Å². The van der Waals surface area contributed by atoms with Crippen LogP contribution in [0.4, 0.5) is 0 Å². The van der Waals surface area contributed by atoms with Crippen molar-refractivity contribution < 1.29 is 9.53 Å². The number of nitrogens with zero attached hydrogens (tertiary/aromatic N) is 3. The van der Waals surface area contributed by atoms with Gasteiger partial charge in [0.25, 0.3) is 5.91 Å². The monoisotopic (exact) mass is 370 g/mol. The van der Waals surface area contributed by atoms with Gasteiger partial charge in [0.15, 0.2) is 0 Å². The smallest absolute Gasteiger partial charge is 0.291 e. The zero-order valence-electron chi connectivity index (χ0n) is 14.5. The molecule has 0 radical (unpaired) electrons. The van der Waals surface area contributed by atoms with Gasteiger partial charge in [-0.2, -0.15) is 0 Å². The highest BCUT2D eigenvalue weighted by Crippen LogP contribution is 2.20. The fraction of sp³-hybridized carbons (Fsp3) is 0.211. The summed E-state index contributed by atoms with van der Waals surface area (Å²) in [5, 5.41) is 7.77. The molecular weight excluding hydrogens is 352 g/mol. The van der Waals surface area contributed by atoms with E-state index in [-0.39, 0.29) is 17.8 Å². The van der Waals surface area contributed by atoms with E-state index in [1.165, 1.54) is 0 Å². The van der Waals surface area contributed by atoms with Gasteiger partial charge in [0, 0.05) is 7.11 Å². The highest BCUT2D eigenvalue weighted by Gasteiger charge is 2.20. The maximum absolute atomic E-state index is 12.6. The van der Waals surface area contributed by atoms with Crippen molar-refractivity contribution in [1.29, 1.82) is 0 Å². The van der Waals surface area contributed by atoms with E-state index in [0.29, 0.717) is 23.1 Å². The molecule has 0 unspecified atom stereocenters. The summed E-state index contributed by atoms with van der Waals surface area (Å²) in [5.74, 6) is 0.288. The van der Waals surface area contributed by atoms with Gasteiger partial charge in [-0.05, 0) is 24.6 Å². The third kappa shape index (κ3) is 3.92. The molecule has 26 heavy (non-hydrogen) atoms. The van der Waals surface area contributed by atoms with Crippen molar-refractivity contribution in [3.05, 3.63) is 76.8 Å². The number of amides is 1. The lowest BCUT2D eigenvalue weighted by molar-refractivity contribution is 0.0886. The average Bonchev–Trinajstić information content (AvgIpc) is 3.04. The molecule has 7 heteroatoms. The Balaban J connectivity index is 1.84. The summed E-state index contributed by atoms with van der Waals surface area (Å²) in [6, 6.07) is 16.6. The third-order valence-corrected chi connectivity index (χ3v) is 4.21. The van der Waals surface area contributed by atoms with Gasteiger partial charge in [-0.15, -0.1) is 5.10 Å². The van der Waals surface area contributed by atoms with Crippen molar-refractivity contribution in [2.45, 2.75) is 13.0 Å². The number of aromatic nitrogens is 3. The Bertz CT molecular complexity index is 896. The van der Waals surface area contributed by atoms with E-state index in [9.17, 15) is 4.79 Å². The summed E-state index contributed by atoms with van der Waals surface area (Å²) in [5.41, 5.74) is 1.62. The normalized spacial score (nSPS) is 12.0. The van der Waals surface area contributed by atoms with Crippen LogP contribution in [0, 0.1) is 6.92 Å². The lowest BCUT2D eigenvalue weighted by Crippen LogP contribution is -2.32. The molecule has 0 saturated heterocycles. The topological polar surface area (TPSA) is 69.0 Å². The molecule has 2 aromatic carbocycles. The lowest BCUT2D eigenvalue weighted by atomic mass is 10.1. The number of aryl methyl sites for hydroxylation is 1. The van der Waals surface area contributed by atoms with Crippen LogP contribution < -0.4 is 5.32 Å². The SMILES string of the molecule is COC[C@H](NC(=O)c1nc(C)n(-c2ccccc2Cl)n1)c1ccccc1. The molecule has 1 amide bonds. The number of hydrogen-bond acceptors (Lipinski definition) is 4. The van der Waals surface area contributed by atoms with Crippen LogP contribution in [0.15, 0.2) is 54.6 Å². The Hall–Kier alpha value is -2.70. The Morgan fingerprint density at radius 2 is 1.88 bits per heavy atom. The lowest BCUT2D eigenvalue weighted by Gasteiger charge is -2.17. The number of ether oxygens (including phenoxy) is 1. The van der Waals surface area contributed by atoms with Gasteiger partial charge in [0.2, 0.25) is 5.82 Å². The summed E-state index contributed by atoms with van der Waals surface area (Å²) >= 11 is 6.22. The summed E-state index contributed by atoms with van der Waals surface area (Å²) in [6.07, 6.45) is 0. The molecular formula is C19H19ClN4O2. The summed E-state index contributed by atoms with van der Waals surface area (Å²) in [4.78, 5) is 16.9. The number of carbonyl (C=O) groups is 1. The van der Waals surface area contributed by atoms with Crippen LogP contribution in [0.25, 0.3) is 5.69 Å². The quantitative estimate of drug-likeness (QED) is 0.722. The van der Waals surface area contributed by atoms with Crippen molar-refractivity contribution in [3.63, 3.8) is 0 Å². The minimum absolute atomic E-state index is 0.0828. The first-order valence-corrected chi connectivity index (χ1v) is 8.51. The average molecular weight is 371 g/mol. The first kappa shape index (κ1) is 18.1. The summed E-state index contributed by atoms with van der Waals surface area (Å²) < 4.78 is 6.79. The maximum atomic E-state index is 12.6. The molecule has 0 spiro atoms. The van der Waals surface area contributed by atoms with Crippen molar-refractivity contribution in [2.24, 2.45) is 0 Å². The molecule has 1 atom stereocenters. The van der Waals surface area contributed by atoms with Crippen LogP contribution in [0.1, 0.15) is 28.0 Å². The molecule has 3 aromatic rings. The molecule has 134 valence electrons. The van der Waals surface area contributed by atoms with E-state index in [0.717, 1.165) is 5.56 Å². The molecule has 3 rings (SSSR count). The predicted octanol–water partition coefficient (Wildman–Crippen LogP) is 3.35. The maximum Gasteiger partial charge on any atom is 0.291 e. The van der Waals surface area contributed by atoms with Gasteiger partial charge < -0.3 is 10.1 Å². The minimum atomic E-state index is -0.371. The number of halogens is 1. The number of carbonyl (C=O) groups excluding carboxylic acids is 1. The Morgan fingerprint density at radius 3 is 2.58 bits per heavy atom. The standard InChI is InChI=1S/C19H19ClN4O2/c1-13-21-18(23-24(13)17-11-7-6-10-15(17)20)19(25)22-16(12-26-2)14-8-4-3-5-9-14/h3-11,16H,12H2,1-2H3,(H,22,25)/t16-/m0/s1. The Kier molecular flexibility index (Phi) is 5.65. The van der Waals surface area contributed by atoms with Gasteiger partial charge in [-0.1, -0.05) is 54.1 Å². The first-order valence-electron chi connectivity index (χ1n) is 8.13. The number of para-hydroxylation sites is 1. The van der Waals surface area contributed by atoms with E-state index in [1.807, 2.05) is 48.5 Å². The molecule has 0 fully saturated rings. The second-order valence-electron chi connectivity index (χ2n) is 5.74. The zero-order chi connectivity index (χ0) is 18.5. The number of benzene rings is 2. The van der Waals surface area contributed by atoms with Gasteiger partial charge in [0.05, 0.1) is 23.4 Å². The van der Waals surface area contributed by atoms with Gasteiger partial charge in [0.1, 0.15) is 5.82 Å². The van der Waals surface area contributed by atoms with Crippen LogP contribution >= 0.6 is 11.6 Å². The van der Waals surface area contributed by atoms with Crippen LogP contribution in [0.3, 0.4) is 0 Å². The number of nitrogens with one attached hydrogen (secondary N) is 1. The fourth-order valence-corrected chi connectivity index (χ4v) is 2.85. The fourth-order valence-electron chi connectivity index (χ4n) is 2.63. The number of methoxy groups -OCH3 is 1. The van der Waals surface area contributed by atoms with Crippen LogP contribution in [0.5, 0.6) is 0 Å². The highest BCUT2D eigenvalue weighted by molar-refractivity contribution is 6.32. The predicted molar refractivity (Wildman–Crippen MR) is 99.6 cm³/mol. The van der Waals surface area contributed by atoms with E-state index in [1.54, 1.807) is 24.8 Å². The van der Waals surface area contributed by atoms with Crippen molar-refractivity contribution >= 4 is 17.5 Å². The van der Waals surface area contributed by atoms with Crippen molar-refractivity contribution in [3.8, 4) is 5.69 Å².